The molecule has 22 heavy (non-hydrogen) atoms. The highest BCUT2D eigenvalue weighted by atomic mass is 32.2. The number of thiophene rings is 1. The molecule has 0 amide bonds. The molecule has 3 heterocycles. The van der Waals surface area contributed by atoms with E-state index in [1.807, 2.05) is 12.3 Å². The molecule has 8 heteroatoms. The van der Waals surface area contributed by atoms with Gasteiger partial charge in [0.25, 0.3) is 5.56 Å². The zero-order valence-corrected chi connectivity index (χ0v) is 13.6. The molecule has 3 rings (SSSR count). The molecule has 0 spiro atoms. The molecule has 0 aromatic carbocycles. The van der Waals surface area contributed by atoms with Crippen LogP contribution in [0.4, 0.5) is 0 Å². The van der Waals surface area contributed by atoms with Gasteiger partial charge < -0.3 is 4.52 Å². The molecule has 3 aromatic heterocycles. The second-order valence-corrected chi connectivity index (χ2v) is 6.32. The molecule has 6 nitrogen and oxygen atoms in total. The minimum absolute atomic E-state index is 0.0478. The monoisotopic (exact) mass is 334 g/mol. The van der Waals surface area contributed by atoms with Crippen molar-refractivity contribution in [3.63, 3.8) is 0 Å². The Bertz CT molecular complexity index is 865. The summed E-state index contributed by atoms with van der Waals surface area (Å²) in [5, 5.41) is 7.01. The number of thioether (sulfide) groups is 1. The maximum atomic E-state index is 12.5. The molecule has 0 aliphatic rings. The van der Waals surface area contributed by atoms with Crippen LogP contribution >= 0.6 is 23.1 Å². The maximum Gasteiger partial charge on any atom is 0.263 e. The molecule has 0 aliphatic carbocycles. The van der Waals surface area contributed by atoms with E-state index < -0.39 is 0 Å². The zero-order valence-electron chi connectivity index (χ0n) is 12.0. The fourth-order valence-electron chi connectivity index (χ4n) is 1.95. The lowest BCUT2D eigenvalue weighted by Gasteiger charge is -2.08. The highest BCUT2D eigenvalue weighted by Crippen LogP contribution is 2.23. The predicted molar refractivity (Wildman–Crippen MR) is 87.3 cm³/mol. The Morgan fingerprint density at radius 2 is 2.36 bits per heavy atom. The molecule has 114 valence electrons. The Hall–Kier alpha value is -1.93. The number of aromatic nitrogens is 4. The molecule has 0 unspecified atom stereocenters. The highest BCUT2D eigenvalue weighted by Gasteiger charge is 2.13. The van der Waals surface area contributed by atoms with Gasteiger partial charge in [-0.1, -0.05) is 29.9 Å². The number of aryl methyl sites for hydroxylation is 1. The summed E-state index contributed by atoms with van der Waals surface area (Å²) in [5.41, 5.74) is -0.0478. The molecule has 3 aromatic rings. The first-order chi connectivity index (χ1) is 10.7. The van der Waals surface area contributed by atoms with Crippen molar-refractivity contribution < 1.29 is 4.52 Å². The molecule has 0 atom stereocenters. The largest absolute Gasteiger partial charge is 0.338 e. The Morgan fingerprint density at radius 3 is 3.09 bits per heavy atom. The third kappa shape index (κ3) is 2.84. The SMILES string of the molecule is C=CCn1c(SCc2nc(CC)no2)nc2sccc2c1=O. The van der Waals surface area contributed by atoms with Crippen LogP contribution in [0.1, 0.15) is 18.6 Å². The minimum Gasteiger partial charge on any atom is -0.338 e. The van der Waals surface area contributed by atoms with Crippen LogP contribution in [0.2, 0.25) is 0 Å². The Morgan fingerprint density at radius 1 is 1.50 bits per heavy atom. The second kappa shape index (κ2) is 6.45. The summed E-state index contributed by atoms with van der Waals surface area (Å²) in [7, 11) is 0. The second-order valence-electron chi connectivity index (χ2n) is 4.48. The van der Waals surface area contributed by atoms with Gasteiger partial charge in [0.1, 0.15) is 4.83 Å². The topological polar surface area (TPSA) is 73.8 Å². The summed E-state index contributed by atoms with van der Waals surface area (Å²) < 4.78 is 6.78. The van der Waals surface area contributed by atoms with Gasteiger partial charge in [-0.2, -0.15) is 4.98 Å². The fraction of sp³-hybridized carbons (Fsp3) is 0.286. The number of allylic oxidation sites excluding steroid dienone is 1. The average molecular weight is 334 g/mol. The van der Waals surface area contributed by atoms with Gasteiger partial charge in [0.05, 0.1) is 11.1 Å². The van der Waals surface area contributed by atoms with Crippen LogP contribution in [-0.2, 0) is 18.7 Å². The van der Waals surface area contributed by atoms with Gasteiger partial charge in [0.2, 0.25) is 5.89 Å². The maximum absolute atomic E-state index is 12.5. The molecule has 0 radical (unpaired) electrons. The normalized spacial score (nSPS) is 11.1. The van der Waals surface area contributed by atoms with Crippen LogP contribution in [0.5, 0.6) is 0 Å². The highest BCUT2D eigenvalue weighted by molar-refractivity contribution is 7.98. The van der Waals surface area contributed by atoms with Crippen LogP contribution in [0.3, 0.4) is 0 Å². The van der Waals surface area contributed by atoms with E-state index >= 15 is 0 Å². The number of rotatable bonds is 6. The Kier molecular flexibility index (Phi) is 4.39. The lowest BCUT2D eigenvalue weighted by atomic mass is 10.4. The first kappa shape index (κ1) is 15.0. The zero-order chi connectivity index (χ0) is 15.5. The quantitative estimate of drug-likeness (QED) is 0.392. The molecule has 0 saturated carbocycles. The van der Waals surface area contributed by atoms with Crippen molar-refractivity contribution in [1.82, 2.24) is 19.7 Å². The van der Waals surface area contributed by atoms with E-state index in [1.54, 1.807) is 16.7 Å². The number of nitrogens with zero attached hydrogens (tertiary/aromatic N) is 4. The van der Waals surface area contributed by atoms with E-state index in [0.29, 0.717) is 34.6 Å². The molecule has 0 fully saturated rings. The van der Waals surface area contributed by atoms with Gasteiger partial charge in [-0.3, -0.25) is 9.36 Å². The third-order valence-corrected chi connectivity index (χ3v) is 4.78. The molecule has 0 bridgehead atoms. The number of hydrogen-bond donors (Lipinski definition) is 0. The van der Waals surface area contributed by atoms with Crippen molar-refractivity contribution in [1.29, 1.82) is 0 Å². The third-order valence-electron chi connectivity index (χ3n) is 3.01. The van der Waals surface area contributed by atoms with Crippen LogP contribution in [0.15, 0.2) is 38.6 Å². The van der Waals surface area contributed by atoms with Crippen molar-refractivity contribution in [3.8, 4) is 0 Å². The molecule has 0 N–H and O–H groups in total. The molecular weight excluding hydrogens is 320 g/mol. The summed E-state index contributed by atoms with van der Waals surface area (Å²) in [4.78, 5) is 22.0. The van der Waals surface area contributed by atoms with Gasteiger partial charge in [-0.25, -0.2) is 4.98 Å². The molecule has 0 aliphatic heterocycles. The Balaban J connectivity index is 1.92. The van der Waals surface area contributed by atoms with Crippen LogP contribution in [0, 0.1) is 0 Å². The predicted octanol–water partition coefficient (Wildman–Crippen LogP) is 2.88. The summed E-state index contributed by atoms with van der Waals surface area (Å²) in [5.74, 6) is 1.70. The average Bonchev–Trinajstić information content (AvgIpc) is 3.17. The minimum atomic E-state index is -0.0478. The lowest BCUT2D eigenvalue weighted by molar-refractivity contribution is 0.385. The Labute approximate surface area is 134 Å². The van der Waals surface area contributed by atoms with Crippen molar-refractivity contribution in [2.24, 2.45) is 0 Å². The standard InChI is InChI=1S/C14H14N4O2S2/c1-3-6-18-13(19)9-5-7-21-12(9)16-14(18)22-8-11-15-10(4-2)17-20-11/h3,5,7H,1,4,6,8H2,2H3. The first-order valence-electron chi connectivity index (χ1n) is 6.76. The fourth-order valence-corrected chi connectivity index (χ4v) is 3.60. The van der Waals surface area contributed by atoms with E-state index in [1.165, 1.54) is 23.1 Å². The molecule has 0 saturated heterocycles. The van der Waals surface area contributed by atoms with Crippen LogP contribution < -0.4 is 5.56 Å². The van der Waals surface area contributed by atoms with Gasteiger partial charge in [-0.15, -0.1) is 17.9 Å². The van der Waals surface area contributed by atoms with Crippen molar-refractivity contribution >= 4 is 33.3 Å². The van der Waals surface area contributed by atoms with Gasteiger partial charge in [0, 0.05) is 13.0 Å². The summed E-state index contributed by atoms with van der Waals surface area (Å²) in [6.45, 7) is 6.09. The van der Waals surface area contributed by atoms with Gasteiger partial charge in [-0.05, 0) is 11.4 Å². The van der Waals surface area contributed by atoms with Gasteiger partial charge in [0.15, 0.2) is 11.0 Å². The van der Waals surface area contributed by atoms with Gasteiger partial charge >= 0.3 is 0 Å². The van der Waals surface area contributed by atoms with Crippen molar-refractivity contribution in [2.75, 3.05) is 0 Å². The van der Waals surface area contributed by atoms with Crippen LogP contribution in [-0.4, -0.2) is 19.7 Å². The summed E-state index contributed by atoms with van der Waals surface area (Å²) in [6, 6.07) is 1.80. The smallest absolute Gasteiger partial charge is 0.263 e. The first-order valence-corrected chi connectivity index (χ1v) is 8.62. The van der Waals surface area contributed by atoms with E-state index in [-0.39, 0.29) is 5.56 Å². The lowest BCUT2D eigenvalue weighted by Crippen LogP contribution is -2.22. The van der Waals surface area contributed by atoms with Crippen molar-refractivity contribution in [3.05, 3.63) is 46.2 Å². The molecular formula is C14H14N4O2S2. The summed E-state index contributed by atoms with van der Waals surface area (Å²) >= 11 is 2.87. The van der Waals surface area contributed by atoms with Crippen molar-refractivity contribution in [2.45, 2.75) is 30.8 Å². The number of hydrogen-bond acceptors (Lipinski definition) is 7. The number of fused-ring (bicyclic) bond motifs is 1. The van der Waals surface area contributed by atoms with Crippen LogP contribution in [0.25, 0.3) is 10.2 Å². The van der Waals surface area contributed by atoms with E-state index in [0.717, 1.165) is 11.3 Å². The van der Waals surface area contributed by atoms with E-state index in [2.05, 4.69) is 21.7 Å². The van der Waals surface area contributed by atoms with E-state index in [9.17, 15) is 4.79 Å². The van der Waals surface area contributed by atoms with E-state index in [4.69, 9.17) is 4.52 Å². The summed E-state index contributed by atoms with van der Waals surface area (Å²) in [6.07, 6.45) is 2.42.